The van der Waals surface area contributed by atoms with E-state index in [-0.39, 0.29) is 39.3 Å². The molecule has 0 saturated carbocycles. The number of ether oxygens (including phenoxy) is 3. The average Bonchev–Trinajstić information content (AvgIpc) is 3.50. The smallest absolute Gasteiger partial charge is 0.407 e. The largest absolute Gasteiger partial charge is 0.466 e. The van der Waals surface area contributed by atoms with Crippen LogP contribution in [0.15, 0.2) is 84.9 Å². The van der Waals surface area contributed by atoms with Gasteiger partial charge in [0.2, 0.25) is 5.54 Å². The van der Waals surface area contributed by atoms with Gasteiger partial charge in [0.05, 0.1) is 19.1 Å². The zero-order chi connectivity index (χ0) is 33.5. The standard InChI is InChI=1S/C37H45N3O7/c1-3-45-33(41)31(22-21-28-15-7-5-8-16-28)26-40(24-14-13-23-38-36(44)47-27-29-17-9-6-10-18-29)34(42)37(35(43)46-4-2)25-30-19-11-12-20-32(30)39-37/h5-12,15-20,31,39H,3-4,13-14,21-27H2,1-2H3,(H,38,44)/t31-,37?/m0/s1. The summed E-state index contributed by atoms with van der Waals surface area (Å²) >= 11 is 0. The first-order valence-electron chi connectivity index (χ1n) is 16.3. The first kappa shape index (κ1) is 35.0. The van der Waals surface area contributed by atoms with Crippen LogP contribution in [0, 0.1) is 5.92 Å². The maximum atomic E-state index is 14.6. The molecule has 0 aromatic heterocycles. The van der Waals surface area contributed by atoms with Crippen LogP contribution >= 0.6 is 0 Å². The highest BCUT2D eigenvalue weighted by atomic mass is 16.5. The predicted octanol–water partition coefficient (Wildman–Crippen LogP) is 5.30. The Bertz CT molecular complexity index is 1440. The van der Waals surface area contributed by atoms with Crippen LogP contribution < -0.4 is 10.6 Å². The number of carbonyl (C=O) groups is 4. The minimum atomic E-state index is -1.67. The second-order valence-corrected chi connectivity index (χ2v) is 11.5. The van der Waals surface area contributed by atoms with E-state index in [9.17, 15) is 19.2 Å². The van der Waals surface area contributed by atoms with Crippen LogP contribution in [0.4, 0.5) is 10.5 Å². The van der Waals surface area contributed by atoms with Gasteiger partial charge in [0.1, 0.15) is 6.61 Å². The number of aryl methyl sites for hydroxylation is 1. The molecule has 2 N–H and O–H groups in total. The summed E-state index contributed by atoms with van der Waals surface area (Å²) in [6.45, 7) is 4.59. The molecule has 1 heterocycles. The third-order valence-corrected chi connectivity index (χ3v) is 8.12. The van der Waals surface area contributed by atoms with Crippen molar-refractivity contribution in [3.8, 4) is 0 Å². The lowest BCUT2D eigenvalue weighted by atomic mass is 9.91. The Morgan fingerprint density at radius 1 is 0.830 bits per heavy atom. The number of nitrogens with zero attached hydrogens (tertiary/aromatic N) is 1. The molecule has 3 aromatic rings. The van der Waals surface area contributed by atoms with Gasteiger partial charge >= 0.3 is 18.0 Å². The normalized spacial score (nSPS) is 15.4. The van der Waals surface area contributed by atoms with E-state index in [1.807, 2.05) is 84.9 Å². The Balaban J connectivity index is 1.48. The Labute approximate surface area is 276 Å². The number of para-hydroxylation sites is 1. The number of unbranched alkanes of at least 4 members (excludes halogenated alkanes) is 1. The zero-order valence-corrected chi connectivity index (χ0v) is 27.2. The van der Waals surface area contributed by atoms with Crippen molar-refractivity contribution < 1.29 is 33.4 Å². The monoisotopic (exact) mass is 643 g/mol. The lowest BCUT2D eigenvalue weighted by Crippen LogP contribution is -2.60. The summed E-state index contributed by atoms with van der Waals surface area (Å²) in [6.07, 6.45) is 1.72. The summed E-state index contributed by atoms with van der Waals surface area (Å²) in [6, 6.07) is 26.7. The Hall–Kier alpha value is -4.86. The number of amides is 2. The van der Waals surface area contributed by atoms with Gasteiger partial charge in [-0.3, -0.25) is 9.59 Å². The Kier molecular flexibility index (Phi) is 13.2. The van der Waals surface area contributed by atoms with E-state index in [1.54, 1.807) is 18.7 Å². The van der Waals surface area contributed by atoms with Gasteiger partial charge in [-0.05, 0) is 62.3 Å². The molecule has 2 atom stereocenters. The minimum Gasteiger partial charge on any atom is -0.466 e. The molecular weight excluding hydrogens is 598 g/mol. The summed E-state index contributed by atoms with van der Waals surface area (Å²) in [7, 11) is 0. The van der Waals surface area contributed by atoms with Crippen molar-refractivity contribution in [2.75, 3.05) is 38.2 Å². The lowest BCUT2D eigenvalue weighted by Gasteiger charge is -2.35. The molecule has 4 rings (SSSR count). The third-order valence-electron chi connectivity index (χ3n) is 8.12. The molecule has 47 heavy (non-hydrogen) atoms. The number of nitrogens with one attached hydrogen (secondary N) is 2. The Morgan fingerprint density at radius 2 is 1.49 bits per heavy atom. The van der Waals surface area contributed by atoms with Crippen molar-refractivity contribution in [1.82, 2.24) is 10.2 Å². The number of rotatable bonds is 17. The van der Waals surface area contributed by atoms with Crippen LogP contribution in [-0.4, -0.2) is 67.2 Å². The van der Waals surface area contributed by atoms with Gasteiger partial charge in [0.15, 0.2) is 0 Å². The van der Waals surface area contributed by atoms with Crippen molar-refractivity contribution in [3.63, 3.8) is 0 Å². The molecule has 0 spiro atoms. The first-order chi connectivity index (χ1) is 22.9. The predicted molar refractivity (Wildman–Crippen MR) is 178 cm³/mol. The van der Waals surface area contributed by atoms with Crippen LogP contribution in [0.25, 0.3) is 0 Å². The molecule has 1 aliphatic heterocycles. The minimum absolute atomic E-state index is 0.0657. The second-order valence-electron chi connectivity index (χ2n) is 11.5. The molecule has 1 unspecified atom stereocenters. The van der Waals surface area contributed by atoms with Crippen molar-refractivity contribution >= 4 is 29.6 Å². The van der Waals surface area contributed by atoms with Crippen LogP contribution in [0.3, 0.4) is 0 Å². The number of hydrogen-bond donors (Lipinski definition) is 2. The van der Waals surface area contributed by atoms with E-state index in [2.05, 4.69) is 10.6 Å². The van der Waals surface area contributed by atoms with E-state index in [0.29, 0.717) is 37.9 Å². The molecular formula is C37H45N3O7. The molecule has 1 aliphatic rings. The van der Waals surface area contributed by atoms with Crippen molar-refractivity contribution in [2.45, 2.75) is 58.1 Å². The van der Waals surface area contributed by atoms with Gasteiger partial charge in [-0.2, -0.15) is 0 Å². The first-order valence-corrected chi connectivity index (χ1v) is 16.3. The number of carbonyl (C=O) groups excluding carboxylic acids is 4. The van der Waals surface area contributed by atoms with Gasteiger partial charge in [0, 0.05) is 31.7 Å². The van der Waals surface area contributed by atoms with Crippen LogP contribution in [-0.2, 0) is 48.0 Å². The molecule has 10 heteroatoms. The summed E-state index contributed by atoms with van der Waals surface area (Å²) in [5.74, 6) is -2.13. The van der Waals surface area contributed by atoms with E-state index < -0.39 is 35.4 Å². The van der Waals surface area contributed by atoms with E-state index in [0.717, 1.165) is 16.7 Å². The number of hydrogen-bond acceptors (Lipinski definition) is 8. The number of fused-ring (bicyclic) bond motifs is 1. The zero-order valence-electron chi connectivity index (χ0n) is 27.2. The van der Waals surface area contributed by atoms with Crippen molar-refractivity contribution in [1.29, 1.82) is 0 Å². The van der Waals surface area contributed by atoms with Crippen LogP contribution in [0.2, 0.25) is 0 Å². The maximum absolute atomic E-state index is 14.6. The van der Waals surface area contributed by atoms with Crippen LogP contribution in [0.5, 0.6) is 0 Å². The van der Waals surface area contributed by atoms with Gasteiger partial charge in [0.25, 0.3) is 5.91 Å². The van der Waals surface area contributed by atoms with Gasteiger partial charge in [-0.25, -0.2) is 9.59 Å². The topological polar surface area (TPSA) is 123 Å². The summed E-state index contributed by atoms with van der Waals surface area (Å²) in [5.41, 5.74) is 1.81. The summed E-state index contributed by atoms with van der Waals surface area (Å²) in [5, 5.41) is 5.94. The summed E-state index contributed by atoms with van der Waals surface area (Å²) in [4.78, 5) is 55.1. The molecule has 0 radical (unpaired) electrons. The third kappa shape index (κ3) is 9.81. The summed E-state index contributed by atoms with van der Waals surface area (Å²) < 4.78 is 16.2. The fourth-order valence-electron chi connectivity index (χ4n) is 5.68. The molecule has 10 nitrogen and oxygen atoms in total. The maximum Gasteiger partial charge on any atom is 0.407 e. The van der Waals surface area contributed by atoms with Crippen LogP contribution in [0.1, 0.15) is 49.8 Å². The number of anilines is 1. The molecule has 0 fully saturated rings. The molecule has 0 aliphatic carbocycles. The fraction of sp³-hybridized carbons (Fsp3) is 0.405. The second kappa shape index (κ2) is 17.7. The van der Waals surface area contributed by atoms with Gasteiger partial charge in [-0.15, -0.1) is 0 Å². The lowest BCUT2D eigenvalue weighted by molar-refractivity contribution is -0.157. The number of alkyl carbamates (subject to hydrolysis) is 1. The molecule has 0 saturated heterocycles. The molecule has 250 valence electrons. The Morgan fingerprint density at radius 3 is 2.17 bits per heavy atom. The quantitative estimate of drug-likeness (QED) is 0.0879. The highest BCUT2D eigenvalue weighted by Crippen LogP contribution is 2.35. The number of benzene rings is 3. The molecule has 2 amide bonds. The van der Waals surface area contributed by atoms with E-state index >= 15 is 0 Å². The highest BCUT2D eigenvalue weighted by molar-refractivity contribution is 6.12. The fourth-order valence-corrected chi connectivity index (χ4v) is 5.68. The van der Waals surface area contributed by atoms with Gasteiger partial charge in [-0.1, -0.05) is 78.9 Å². The SMILES string of the molecule is CCOC(=O)[C@@H](CCc1ccccc1)CN(CCCCNC(=O)OCc1ccccc1)C(=O)C1(C(=O)OCC)Cc2ccccc2N1. The average molecular weight is 644 g/mol. The van der Waals surface area contributed by atoms with Crippen molar-refractivity contribution in [2.24, 2.45) is 5.92 Å². The van der Waals surface area contributed by atoms with E-state index in [4.69, 9.17) is 14.2 Å². The molecule has 3 aromatic carbocycles. The van der Waals surface area contributed by atoms with E-state index in [1.165, 1.54) is 0 Å². The highest BCUT2D eigenvalue weighted by Gasteiger charge is 2.53. The number of esters is 2. The van der Waals surface area contributed by atoms with Crippen molar-refractivity contribution in [3.05, 3.63) is 102 Å². The molecule has 0 bridgehead atoms. The van der Waals surface area contributed by atoms with Gasteiger partial charge < -0.3 is 29.7 Å².